The van der Waals surface area contributed by atoms with E-state index in [1.54, 1.807) is 0 Å². The molecule has 1 nitrogen and oxygen atoms in total. The summed E-state index contributed by atoms with van der Waals surface area (Å²) in [5.74, 6) is 0. The number of hydrogen-bond acceptors (Lipinski definition) is 2. The van der Waals surface area contributed by atoms with E-state index in [0.717, 1.165) is 22.1 Å². The van der Waals surface area contributed by atoms with E-state index in [0.29, 0.717) is 0 Å². The molecule has 0 atom stereocenters. The molecule has 0 bridgehead atoms. The lowest BCUT2D eigenvalue weighted by atomic mass is 9.85. The second kappa shape index (κ2) is 12.0. The predicted molar refractivity (Wildman–Crippen MR) is 235 cm³/mol. The van der Waals surface area contributed by atoms with E-state index in [2.05, 4.69) is 184 Å². The Balaban J connectivity index is 1.12. The molecule has 2 heteroatoms. The summed E-state index contributed by atoms with van der Waals surface area (Å²) in [6.07, 6.45) is 4.37. The van der Waals surface area contributed by atoms with Gasteiger partial charge >= 0.3 is 0 Å². The van der Waals surface area contributed by atoms with Gasteiger partial charge in [0.1, 0.15) is 11.2 Å². The van der Waals surface area contributed by atoms with Gasteiger partial charge in [-0.2, -0.15) is 0 Å². The Labute approximate surface area is 317 Å². The number of aryl methyl sites for hydroxylation is 1. The summed E-state index contributed by atoms with van der Waals surface area (Å²) >= 11 is 1.87. The van der Waals surface area contributed by atoms with E-state index in [1.807, 2.05) is 11.3 Å². The number of allylic oxidation sites excluding steroid dienone is 1. The lowest BCUT2D eigenvalue weighted by molar-refractivity contribution is 0.669. The first-order valence-corrected chi connectivity index (χ1v) is 19.4. The SMILES string of the molecule is C/C=C\c1c(C)sc2cc3c(ccc4oc5cc(-c6c7ccccc7c(-c7cccc(-c8cccc9ccccc89)c7)c7ccccc67)ccc5c43)cc12. The smallest absolute Gasteiger partial charge is 0.136 e. The molecule has 11 rings (SSSR count). The third kappa shape index (κ3) is 4.63. The van der Waals surface area contributed by atoms with Gasteiger partial charge in [-0.3, -0.25) is 0 Å². The molecule has 254 valence electrons. The molecule has 0 unspecified atom stereocenters. The molecule has 0 saturated heterocycles. The van der Waals surface area contributed by atoms with E-state index < -0.39 is 0 Å². The van der Waals surface area contributed by atoms with Gasteiger partial charge in [0.25, 0.3) is 0 Å². The largest absolute Gasteiger partial charge is 0.456 e. The van der Waals surface area contributed by atoms with Crippen LogP contribution in [-0.4, -0.2) is 0 Å². The first-order valence-electron chi connectivity index (χ1n) is 18.6. The highest BCUT2D eigenvalue weighted by Gasteiger charge is 2.19. The lowest BCUT2D eigenvalue weighted by Gasteiger charge is -2.18. The van der Waals surface area contributed by atoms with Gasteiger partial charge in [-0.1, -0.05) is 133 Å². The normalized spacial score (nSPS) is 12.2. The Morgan fingerprint density at radius 2 is 1.11 bits per heavy atom. The molecule has 0 aliphatic carbocycles. The Morgan fingerprint density at radius 1 is 0.463 bits per heavy atom. The average Bonchev–Trinajstić information content (AvgIpc) is 3.74. The third-order valence-corrected chi connectivity index (χ3v) is 12.4. The van der Waals surface area contributed by atoms with E-state index >= 15 is 0 Å². The van der Waals surface area contributed by atoms with Crippen molar-refractivity contribution in [3.8, 4) is 33.4 Å². The van der Waals surface area contributed by atoms with Crippen LogP contribution in [0.4, 0.5) is 0 Å². The molecule has 0 saturated carbocycles. The predicted octanol–water partition coefficient (Wildman–Crippen LogP) is 15.8. The fourth-order valence-corrected chi connectivity index (χ4v) is 10.0. The van der Waals surface area contributed by atoms with Gasteiger partial charge in [0.2, 0.25) is 0 Å². The average molecular weight is 707 g/mol. The number of thiophene rings is 1. The van der Waals surface area contributed by atoms with Crippen molar-refractivity contribution in [2.24, 2.45) is 0 Å². The molecule has 0 radical (unpaired) electrons. The Hall–Kier alpha value is -6.48. The molecule has 54 heavy (non-hydrogen) atoms. The van der Waals surface area contributed by atoms with Crippen LogP contribution in [0.2, 0.25) is 0 Å². The quantitative estimate of drug-likeness (QED) is 0.166. The zero-order chi connectivity index (χ0) is 35.9. The molecule has 11 aromatic rings. The first kappa shape index (κ1) is 31.1. The summed E-state index contributed by atoms with van der Waals surface area (Å²) in [6.45, 7) is 4.31. The molecule has 0 spiro atoms. The van der Waals surface area contributed by atoms with E-state index in [1.165, 1.54) is 96.8 Å². The Kier molecular flexibility index (Phi) is 6.92. The van der Waals surface area contributed by atoms with Crippen molar-refractivity contribution in [3.05, 3.63) is 174 Å². The van der Waals surface area contributed by atoms with Crippen LogP contribution in [0, 0.1) is 6.92 Å². The van der Waals surface area contributed by atoms with Gasteiger partial charge in [-0.25, -0.2) is 0 Å². The van der Waals surface area contributed by atoms with Crippen molar-refractivity contribution < 1.29 is 4.42 Å². The van der Waals surface area contributed by atoms with Gasteiger partial charge in [0.15, 0.2) is 0 Å². The van der Waals surface area contributed by atoms with Crippen molar-refractivity contribution in [2.75, 3.05) is 0 Å². The monoisotopic (exact) mass is 706 g/mol. The number of rotatable bonds is 4. The second-order valence-electron chi connectivity index (χ2n) is 14.3. The molecular formula is C52H34OS. The van der Waals surface area contributed by atoms with Crippen LogP contribution in [0.15, 0.2) is 168 Å². The second-order valence-corrected chi connectivity index (χ2v) is 15.6. The fraction of sp³-hybridized carbons (Fsp3) is 0.0385. The molecule has 0 aliphatic heterocycles. The first-order chi connectivity index (χ1) is 26.6. The van der Waals surface area contributed by atoms with Crippen LogP contribution in [0.1, 0.15) is 17.4 Å². The van der Waals surface area contributed by atoms with Crippen molar-refractivity contribution in [1.29, 1.82) is 0 Å². The standard InChI is InChI=1S/C52H34OS/c1-3-12-37-31(2)54-49-30-45-34(28-46(37)49)24-26-47-52(45)44-25-23-36(29-48(44)53-47)51-42-20-8-6-18-40(42)50(41-19-7-9-21-43(41)51)35-16-10-15-33(27-35)39-22-11-14-32-13-4-5-17-38(32)39/h3-30H,1-2H3/b12-3-. The van der Waals surface area contributed by atoms with Gasteiger partial charge in [0.05, 0.1) is 0 Å². The third-order valence-electron chi connectivity index (χ3n) is 11.3. The van der Waals surface area contributed by atoms with Crippen LogP contribution in [-0.2, 0) is 0 Å². The number of hydrogen-bond donors (Lipinski definition) is 0. The maximum Gasteiger partial charge on any atom is 0.136 e. The number of benzene rings is 9. The maximum absolute atomic E-state index is 6.70. The summed E-state index contributed by atoms with van der Waals surface area (Å²) in [5.41, 5.74) is 10.5. The number of fused-ring (bicyclic) bond motifs is 9. The highest BCUT2D eigenvalue weighted by molar-refractivity contribution is 7.19. The Bertz CT molecular complexity index is 3290. The minimum absolute atomic E-state index is 0.909. The van der Waals surface area contributed by atoms with E-state index in [9.17, 15) is 0 Å². The molecule has 0 aliphatic rings. The minimum atomic E-state index is 0.909. The van der Waals surface area contributed by atoms with Crippen LogP contribution >= 0.6 is 11.3 Å². The molecule has 2 aromatic heterocycles. The molecule has 0 N–H and O–H groups in total. The van der Waals surface area contributed by atoms with Crippen LogP contribution in [0.25, 0.3) is 115 Å². The summed E-state index contributed by atoms with van der Waals surface area (Å²) in [4.78, 5) is 1.35. The van der Waals surface area contributed by atoms with Crippen molar-refractivity contribution in [1.82, 2.24) is 0 Å². The van der Waals surface area contributed by atoms with Crippen molar-refractivity contribution in [3.63, 3.8) is 0 Å². The summed E-state index contributed by atoms with van der Waals surface area (Å²) in [5, 5.41) is 13.6. The van der Waals surface area contributed by atoms with Crippen LogP contribution in [0.3, 0.4) is 0 Å². The van der Waals surface area contributed by atoms with Gasteiger partial charge in [-0.15, -0.1) is 11.3 Å². The lowest BCUT2D eigenvalue weighted by Crippen LogP contribution is -1.91. The van der Waals surface area contributed by atoms with Crippen LogP contribution in [0.5, 0.6) is 0 Å². The Morgan fingerprint density at radius 3 is 1.85 bits per heavy atom. The highest BCUT2D eigenvalue weighted by Crippen LogP contribution is 2.46. The zero-order valence-corrected chi connectivity index (χ0v) is 30.8. The van der Waals surface area contributed by atoms with E-state index in [-0.39, 0.29) is 0 Å². The summed E-state index contributed by atoms with van der Waals surface area (Å²) in [6, 6.07) is 58.0. The van der Waals surface area contributed by atoms with Crippen molar-refractivity contribution in [2.45, 2.75) is 13.8 Å². The number of furan rings is 1. The van der Waals surface area contributed by atoms with Gasteiger partial charge in [0, 0.05) is 25.7 Å². The highest BCUT2D eigenvalue weighted by atomic mass is 32.1. The topological polar surface area (TPSA) is 13.1 Å². The summed E-state index contributed by atoms with van der Waals surface area (Å²) < 4.78 is 8.01. The molecule has 0 amide bonds. The van der Waals surface area contributed by atoms with E-state index in [4.69, 9.17) is 4.42 Å². The molecule has 9 aromatic carbocycles. The fourth-order valence-electron chi connectivity index (χ4n) is 8.93. The molecular weight excluding hydrogens is 673 g/mol. The van der Waals surface area contributed by atoms with Crippen LogP contribution < -0.4 is 0 Å². The van der Waals surface area contributed by atoms with Gasteiger partial charge in [-0.05, 0) is 132 Å². The van der Waals surface area contributed by atoms with Crippen molar-refractivity contribution >= 4 is 92.5 Å². The summed E-state index contributed by atoms with van der Waals surface area (Å²) in [7, 11) is 0. The molecule has 2 heterocycles. The minimum Gasteiger partial charge on any atom is -0.456 e. The van der Waals surface area contributed by atoms with Gasteiger partial charge < -0.3 is 4.42 Å². The maximum atomic E-state index is 6.70. The molecule has 0 fully saturated rings. The zero-order valence-electron chi connectivity index (χ0n) is 30.0.